The first kappa shape index (κ1) is 13.4. The molecule has 0 spiro atoms. The van der Waals surface area contributed by atoms with Crippen molar-refractivity contribution in [2.75, 3.05) is 32.8 Å². The molecule has 0 saturated carbocycles. The summed E-state index contributed by atoms with van der Waals surface area (Å²) in [5.41, 5.74) is 2.64. The second-order valence-electron chi connectivity index (χ2n) is 6.70. The van der Waals surface area contributed by atoms with Crippen molar-refractivity contribution in [3.63, 3.8) is 0 Å². The number of hydrogen-bond donors (Lipinski definition) is 0. The van der Waals surface area contributed by atoms with Crippen LogP contribution >= 0.6 is 0 Å². The van der Waals surface area contributed by atoms with E-state index in [1.807, 2.05) is 6.07 Å². The lowest BCUT2D eigenvalue weighted by atomic mass is 10.0. The van der Waals surface area contributed by atoms with Gasteiger partial charge in [-0.2, -0.15) is 0 Å². The van der Waals surface area contributed by atoms with E-state index in [1.165, 1.54) is 43.6 Å². The van der Waals surface area contributed by atoms with E-state index in [0.29, 0.717) is 6.04 Å². The highest BCUT2D eigenvalue weighted by Crippen LogP contribution is 2.28. The van der Waals surface area contributed by atoms with Crippen LogP contribution in [0.2, 0.25) is 0 Å². The van der Waals surface area contributed by atoms with Gasteiger partial charge in [0.15, 0.2) is 0 Å². The first-order valence-electron chi connectivity index (χ1n) is 8.19. The van der Waals surface area contributed by atoms with Crippen molar-refractivity contribution in [2.24, 2.45) is 0 Å². The molecule has 0 amide bonds. The third-order valence-corrected chi connectivity index (χ3v) is 5.16. The second kappa shape index (κ2) is 5.47. The van der Waals surface area contributed by atoms with Gasteiger partial charge in [-0.3, -0.25) is 9.80 Å². The van der Waals surface area contributed by atoms with E-state index >= 15 is 0 Å². The van der Waals surface area contributed by atoms with Crippen LogP contribution in [0.4, 0.5) is 0 Å². The fourth-order valence-electron chi connectivity index (χ4n) is 3.98. The third-order valence-electron chi connectivity index (χ3n) is 5.16. The Morgan fingerprint density at radius 3 is 3.10 bits per heavy atom. The van der Waals surface area contributed by atoms with Gasteiger partial charge in [-0.1, -0.05) is 18.2 Å². The molecule has 3 aliphatic heterocycles. The highest BCUT2D eigenvalue weighted by atomic mass is 16.5. The molecule has 21 heavy (non-hydrogen) atoms. The smallest absolute Gasteiger partial charge is 0.127 e. The van der Waals surface area contributed by atoms with E-state index in [9.17, 15) is 0 Å². The lowest BCUT2D eigenvalue weighted by Crippen LogP contribution is -2.55. The molecule has 0 aliphatic carbocycles. The van der Waals surface area contributed by atoms with Crippen LogP contribution in [0, 0.1) is 0 Å². The molecular formula is C18H24N2O. The van der Waals surface area contributed by atoms with Crippen LogP contribution in [-0.4, -0.2) is 54.7 Å². The molecular weight excluding hydrogens is 260 g/mol. The van der Waals surface area contributed by atoms with Gasteiger partial charge in [0, 0.05) is 37.3 Å². The number of benzene rings is 1. The minimum Gasteiger partial charge on any atom is -0.489 e. The van der Waals surface area contributed by atoms with Gasteiger partial charge >= 0.3 is 0 Å². The number of fused-ring (bicyclic) bond motifs is 2. The zero-order valence-electron chi connectivity index (χ0n) is 12.8. The Labute approximate surface area is 127 Å². The largest absolute Gasteiger partial charge is 0.489 e. The van der Waals surface area contributed by atoms with Gasteiger partial charge < -0.3 is 4.74 Å². The predicted octanol–water partition coefficient (Wildman–Crippen LogP) is 2.63. The third kappa shape index (κ3) is 2.60. The Hall–Kier alpha value is -1.32. The van der Waals surface area contributed by atoms with E-state index in [2.05, 4.69) is 41.0 Å². The Kier molecular flexibility index (Phi) is 3.48. The molecule has 1 unspecified atom stereocenters. The zero-order chi connectivity index (χ0) is 14.2. The van der Waals surface area contributed by atoms with Crippen molar-refractivity contribution >= 4 is 6.08 Å². The number of para-hydroxylation sites is 1. The highest BCUT2D eigenvalue weighted by molar-refractivity contribution is 5.62. The Morgan fingerprint density at radius 2 is 2.14 bits per heavy atom. The predicted molar refractivity (Wildman–Crippen MR) is 85.5 cm³/mol. The molecule has 3 heterocycles. The summed E-state index contributed by atoms with van der Waals surface area (Å²) in [5, 5.41) is 0. The molecule has 1 aromatic carbocycles. The summed E-state index contributed by atoms with van der Waals surface area (Å²) in [5.74, 6) is 1.02. The Morgan fingerprint density at radius 1 is 1.24 bits per heavy atom. The van der Waals surface area contributed by atoms with E-state index < -0.39 is 0 Å². The van der Waals surface area contributed by atoms with Crippen molar-refractivity contribution in [2.45, 2.75) is 31.8 Å². The molecule has 4 rings (SSSR count). The average molecular weight is 284 g/mol. The maximum Gasteiger partial charge on any atom is 0.127 e. The minimum absolute atomic E-state index is 0.650. The molecule has 0 aromatic heterocycles. The second-order valence-corrected chi connectivity index (χ2v) is 6.70. The lowest BCUT2D eigenvalue weighted by molar-refractivity contribution is 0.0650. The molecule has 2 atom stereocenters. The van der Waals surface area contributed by atoms with Gasteiger partial charge in [0.25, 0.3) is 0 Å². The van der Waals surface area contributed by atoms with Crippen LogP contribution in [0.3, 0.4) is 0 Å². The van der Waals surface area contributed by atoms with Crippen LogP contribution in [0.15, 0.2) is 29.8 Å². The van der Waals surface area contributed by atoms with Gasteiger partial charge in [-0.15, -0.1) is 0 Å². The van der Waals surface area contributed by atoms with Gasteiger partial charge in [-0.25, -0.2) is 0 Å². The zero-order valence-corrected chi connectivity index (χ0v) is 12.8. The number of ether oxygens (including phenoxy) is 1. The quantitative estimate of drug-likeness (QED) is 0.830. The molecule has 1 aromatic rings. The molecule has 3 aliphatic rings. The Bertz CT molecular complexity index is 554. The lowest BCUT2D eigenvalue weighted by Gasteiger charge is -2.42. The normalized spacial score (nSPS) is 29.5. The first-order valence-corrected chi connectivity index (χ1v) is 8.19. The summed E-state index contributed by atoms with van der Waals surface area (Å²) in [6.07, 6.45) is 5.08. The SMILES string of the molecule is C[C@@H]1CN2CCCC2CN1CC1=Cc2ccccc2OC1. The van der Waals surface area contributed by atoms with Crippen LogP contribution < -0.4 is 4.74 Å². The van der Waals surface area contributed by atoms with Gasteiger partial charge in [0.2, 0.25) is 0 Å². The monoisotopic (exact) mass is 284 g/mol. The topological polar surface area (TPSA) is 15.7 Å². The minimum atomic E-state index is 0.650. The summed E-state index contributed by atoms with van der Waals surface area (Å²) in [7, 11) is 0. The molecule has 3 heteroatoms. The molecule has 0 N–H and O–H groups in total. The van der Waals surface area contributed by atoms with E-state index in [-0.39, 0.29) is 0 Å². The summed E-state index contributed by atoms with van der Waals surface area (Å²) in [4.78, 5) is 5.33. The fraction of sp³-hybridized carbons (Fsp3) is 0.556. The summed E-state index contributed by atoms with van der Waals surface area (Å²) in [6.45, 7) is 7.93. The van der Waals surface area contributed by atoms with Crippen molar-refractivity contribution in [3.8, 4) is 5.75 Å². The van der Waals surface area contributed by atoms with Crippen molar-refractivity contribution in [3.05, 3.63) is 35.4 Å². The van der Waals surface area contributed by atoms with Crippen LogP contribution in [0.1, 0.15) is 25.3 Å². The van der Waals surface area contributed by atoms with Gasteiger partial charge in [0.1, 0.15) is 12.4 Å². The number of hydrogen-bond acceptors (Lipinski definition) is 3. The molecule has 2 saturated heterocycles. The van der Waals surface area contributed by atoms with Crippen molar-refractivity contribution < 1.29 is 4.74 Å². The molecule has 0 radical (unpaired) electrons. The van der Waals surface area contributed by atoms with Crippen molar-refractivity contribution in [1.29, 1.82) is 0 Å². The van der Waals surface area contributed by atoms with Crippen LogP contribution in [-0.2, 0) is 0 Å². The summed E-state index contributed by atoms with van der Waals surface area (Å²) >= 11 is 0. The molecule has 112 valence electrons. The average Bonchev–Trinajstić information content (AvgIpc) is 2.94. The van der Waals surface area contributed by atoms with E-state index in [1.54, 1.807) is 0 Å². The molecule has 3 nitrogen and oxygen atoms in total. The van der Waals surface area contributed by atoms with Crippen LogP contribution in [0.5, 0.6) is 5.75 Å². The summed E-state index contributed by atoms with van der Waals surface area (Å²) in [6, 6.07) is 9.77. The first-order chi connectivity index (χ1) is 10.3. The Balaban J connectivity index is 1.48. The van der Waals surface area contributed by atoms with Crippen molar-refractivity contribution in [1.82, 2.24) is 9.80 Å². The highest BCUT2D eigenvalue weighted by Gasteiger charge is 2.34. The van der Waals surface area contributed by atoms with Crippen LogP contribution in [0.25, 0.3) is 6.08 Å². The molecule has 2 fully saturated rings. The summed E-state index contributed by atoms with van der Waals surface area (Å²) < 4.78 is 5.89. The molecule has 0 bridgehead atoms. The standard InChI is InChI=1S/C18H24N2O/c1-14-10-19-8-4-6-17(19)12-20(14)11-15-9-16-5-2-3-7-18(16)21-13-15/h2-3,5,7,9,14,17H,4,6,8,10-13H2,1H3/t14-,17?/m1/s1. The maximum atomic E-state index is 5.89. The van der Waals surface area contributed by atoms with Gasteiger partial charge in [0.05, 0.1) is 0 Å². The fourth-order valence-corrected chi connectivity index (χ4v) is 3.98. The van der Waals surface area contributed by atoms with E-state index in [0.717, 1.165) is 24.9 Å². The maximum absolute atomic E-state index is 5.89. The number of nitrogens with zero attached hydrogens (tertiary/aromatic N) is 2. The number of rotatable bonds is 2. The van der Waals surface area contributed by atoms with E-state index in [4.69, 9.17) is 4.74 Å². The number of piperazine rings is 1. The van der Waals surface area contributed by atoms with Gasteiger partial charge in [-0.05, 0) is 44.0 Å².